The maximum Gasteiger partial charge on any atom is 0.407 e. The van der Waals surface area contributed by atoms with Crippen molar-refractivity contribution in [1.29, 1.82) is 0 Å². The Balaban J connectivity index is 2.44. The Hall–Kier alpha value is -1.99. The molecule has 0 aromatic rings. The van der Waals surface area contributed by atoms with Crippen molar-refractivity contribution in [2.75, 3.05) is 20.2 Å². The fraction of sp³-hybridized carbons (Fsp3) is 0.769. The van der Waals surface area contributed by atoms with Gasteiger partial charge in [0.25, 0.3) is 0 Å². The van der Waals surface area contributed by atoms with E-state index in [0.29, 0.717) is 25.9 Å². The van der Waals surface area contributed by atoms with Crippen molar-refractivity contribution in [3.63, 3.8) is 0 Å². The Labute approximate surface area is 123 Å². The Bertz CT molecular complexity index is 388. The number of carbonyl (C=O) groups is 3. The van der Waals surface area contributed by atoms with Gasteiger partial charge in [0.05, 0.1) is 13.2 Å². The van der Waals surface area contributed by atoms with Crippen LogP contribution in [-0.4, -0.2) is 60.4 Å². The van der Waals surface area contributed by atoms with Gasteiger partial charge < -0.3 is 25.4 Å². The van der Waals surface area contributed by atoms with Crippen LogP contribution in [0.15, 0.2) is 0 Å². The highest BCUT2D eigenvalue weighted by atomic mass is 16.5. The number of nitrogens with one attached hydrogen (secondary N) is 2. The minimum absolute atomic E-state index is 0.165. The standard InChI is InChI=1S/C13H23N3O5/c1-3-4-5-10(11(17)18)15-12(19)16-7-6-9(8-16)14-13(20)21-2/h9-10H,3-8H2,1-2H3,(H,14,20)(H,15,19)(H,17,18). The number of nitrogens with zero attached hydrogens (tertiary/aromatic N) is 1. The molecule has 3 amide bonds. The summed E-state index contributed by atoms with van der Waals surface area (Å²) in [4.78, 5) is 35.7. The molecule has 0 aliphatic carbocycles. The van der Waals surface area contributed by atoms with Crippen molar-refractivity contribution in [2.24, 2.45) is 0 Å². The van der Waals surface area contributed by atoms with Crippen molar-refractivity contribution in [3.8, 4) is 0 Å². The highest BCUT2D eigenvalue weighted by Gasteiger charge is 2.29. The van der Waals surface area contributed by atoms with Gasteiger partial charge in [-0.2, -0.15) is 0 Å². The van der Waals surface area contributed by atoms with Crippen LogP contribution in [0.1, 0.15) is 32.6 Å². The number of aliphatic carboxylic acids is 1. The number of amides is 3. The number of urea groups is 1. The van der Waals surface area contributed by atoms with Gasteiger partial charge in [0.2, 0.25) is 0 Å². The third-order valence-electron chi connectivity index (χ3n) is 3.42. The maximum atomic E-state index is 12.0. The van der Waals surface area contributed by atoms with Crippen LogP contribution in [0.2, 0.25) is 0 Å². The number of hydrogen-bond acceptors (Lipinski definition) is 4. The summed E-state index contributed by atoms with van der Waals surface area (Å²) in [6, 6.07) is -1.44. The monoisotopic (exact) mass is 301 g/mol. The molecular weight excluding hydrogens is 278 g/mol. The molecule has 0 aromatic carbocycles. The number of carboxylic acids is 1. The molecule has 120 valence electrons. The molecular formula is C13H23N3O5. The lowest BCUT2D eigenvalue weighted by molar-refractivity contribution is -0.139. The van der Waals surface area contributed by atoms with Crippen molar-refractivity contribution in [1.82, 2.24) is 15.5 Å². The van der Waals surface area contributed by atoms with E-state index in [4.69, 9.17) is 5.11 Å². The van der Waals surface area contributed by atoms with Gasteiger partial charge in [-0.15, -0.1) is 0 Å². The van der Waals surface area contributed by atoms with Gasteiger partial charge in [-0.3, -0.25) is 0 Å². The van der Waals surface area contributed by atoms with Crippen LogP contribution < -0.4 is 10.6 Å². The Kier molecular flexibility index (Phi) is 6.77. The molecule has 0 spiro atoms. The van der Waals surface area contributed by atoms with Crippen molar-refractivity contribution in [2.45, 2.75) is 44.7 Å². The van der Waals surface area contributed by atoms with Gasteiger partial charge in [-0.05, 0) is 12.8 Å². The number of methoxy groups -OCH3 is 1. The summed E-state index contributed by atoms with van der Waals surface area (Å²) in [7, 11) is 1.28. The average molecular weight is 301 g/mol. The van der Waals surface area contributed by atoms with E-state index in [-0.39, 0.29) is 6.04 Å². The van der Waals surface area contributed by atoms with E-state index < -0.39 is 24.1 Å². The van der Waals surface area contributed by atoms with E-state index in [1.165, 1.54) is 12.0 Å². The van der Waals surface area contributed by atoms with Crippen LogP contribution in [0.25, 0.3) is 0 Å². The molecule has 0 bridgehead atoms. The van der Waals surface area contributed by atoms with Gasteiger partial charge in [-0.1, -0.05) is 19.8 Å². The van der Waals surface area contributed by atoms with Crippen LogP contribution in [-0.2, 0) is 9.53 Å². The highest BCUT2D eigenvalue weighted by Crippen LogP contribution is 2.10. The Morgan fingerprint density at radius 1 is 1.43 bits per heavy atom. The van der Waals surface area contributed by atoms with Gasteiger partial charge in [0, 0.05) is 13.1 Å². The molecule has 2 unspecified atom stereocenters. The zero-order valence-electron chi connectivity index (χ0n) is 12.4. The summed E-state index contributed by atoms with van der Waals surface area (Å²) >= 11 is 0. The first-order chi connectivity index (χ1) is 9.97. The first kappa shape index (κ1) is 17.1. The van der Waals surface area contributed by atoms with Crippen molar-refractivity contribution < 1.29 is 24.2 Å². The third-order valence-corrected chi connectivity index (χ3v) is 3.42. The van der Waals surface area contributed by atoms with E-state index in [2.05, 4.69) is 15.4 Å². The number of carbonyl (C=O) groups excluding carboxylic acids is 2. The van der Waals surface area contributed by atoms with Gasteiger partial charge in [0.15, 0.2) is 0 Å². The van der Waals surface area contributed by atoms with E-state index in [0.717, 1.165) is 12.8 Å². The first-order valence-corrected chi connectivity index (χ1v) is 7.10. The quantitative estimate of drug-likeness (QED) is 0.671. The number of hydrogen-bond donors (Lipinski definition) is 3. The topological polar surface area (TPSA) is 108 Å². The predicted molar refractivity (Wildman–Crippen MR) is 75.0 cm³/mol. The number of rotatable bonds is 6. The van der Waals surface area contributed by atoms with E-state index >= 15 is 0 Å². The molecule has 1 rings (SSSR count). The zero-order chi connectivity index (χ0) is 15.8. The normalized spacial score (nSPS) is 19.0. The molecule has 0 radical (unpaired) electrons. The second kappa shape index (κ2) is 8.33. The molecule has 3 N–H and O–H groups in total. The van der Waals surface area contributed by atoms with E-state index in [1.54, 1.807) is 0 Å². The average Bonchev–Trinajstić information content (AvgIpc) is 2.91. The van der Waals surface area contributed by atoms with Crippen LogP contribution >= 0.6 is 0 Å². The maximum absolute atomic E-state index is 12.0. The molecule has 0 aromatic heterocycles. The number of likely N-dealkylation sites (tertiary alicyclic amines) is 1. The summed E-state index contributed by atoms with van der Waals surface area (Å²) < 4.78 is 4.50. The Morgan fingerprint density at radius 2 is 2.14 bits per heavy atom. The largest absolute Gasteiger partial charge is 0.480 e. The SMILES string of the molecule is CCCCC(NC(=O)N1CCC(NC(=O)OC)C1)C(=O)O. The third kappa shape index (κ3) is 5.49. The van der Waals surface area contributed by atoms with Gasteiger partial charge in [-0.25, -0.2) is 14.4 Å². The molecule has 8 heteroatoms. The lowest BCUT2D eigenvalue weighted by Gasteiger charge is -2.21. The molecule has 0 saturated carbocycles. The fourth-order valence-corrected chi connectivity index (χ4v) is 2.19. The molecule has 1 aliphatic rings. The lowest BCUT2D eigenvalue weighted by atomic mass is 10.1. The van der Waals surface area contributed by atoms with Crippen LogP contribution in [0.3, 0.4) is 0 Å². The number of alkyl carbamates (subject to hydrolysis) is 1. The Morgan fingerprint density at radius 3 is 2.71 bits per heavy atom. The van der Waals surface area contributed by atoms with Gasteiger partial charge >= 0.3 is 18.1 Å². The molecule has 21 heavy (non-hydrogen) atoms. The zero-order valence-corrected chi connectivity index (χ0v) is 12.4. The van der Waals surface area contributed by atoms with E-state index in [1.807, 2.05) is 6.92 Å². The minimum atomic E-state index is -1.03. The highest BCUT2D eigenvalue weighted by molar-refractivity contribution is 5.82. The summed E-state index contributed by atoms with van der Waals surface area (Å²) in [6.07, 6.45) is 2.11. The van der Waals surface area contributed by atoms with E-state index in [9.17, 15) is 14.4 Å². The summed E-state index contributed by atoms with van der Waals surface area (Å²) in [5.41, 5.74) is 0. The molecule has 1 fully saturated rings. The van der Waals surface area contributed by atoms with Crippen LogP contribution in [0.5, 0.6) is 0 Å². The van der Waals surface area contributed by atoms with Crippen molar-refractivity contribution in [3.05, 3.63) is 0 Å². The predicted octanol–water partition coefficient (Wildman–Crippen LogP) is 0.770. The first-order valence-electron chi connectivity index (χ1n) is 7.10. The molecule has 8 nitrogen and oxygen atoms in total. The number of unbranched alkanes of at least 4 members (excludes halogenated alkanes) is 1. The smallest absolute Gasteiger partial charge is 0.407 e. The molecule has 2 atom stereocenters. The second-order valence-corrected chi connectivity index (χ2v) is 5.05. The number of carboxylic acid groups (broad SMARTS) is 1. The molecule has 1 aliphatic heterocycles. The van der Waals surface area contributed by atoms with Gasteiger partial charge in [0.1, 0.15) is 6.04 Å². The van der Waals surface area contributed by atoms with Crippen molar-refractivity contribution >= 4 is 18.1 Å². The van der Waals surface area contributed by atoms with Crippen LogP contribution in [0.4, 0.5) is 9.59 Å². The summed E-state index contributed by atoms with van der Waals surface area (Å²) in [5, 5.41) is 14.2. The molecule has 1 saturated heterocycles. The second-order valence-electron chi connectivity index (χ2n) is 5.05. The molecule has 1 heterocycles. The summed E-state index contributed by atoms with van der Waals surface area (Å²) in [6.45, 7) is 2.78. The fourth-order valence-electron chi connectivity index (χ4n) is 2.19. The minimum Gasteiger partial charge on any atom is -0.480 e. The lowest BCUT2D eigenvalue weighted by Crippen LogP contribution is -2.48. The van der Waals surface area contributed by atoms with Crippen LogP contribution in [0, 0.1) is 0 Å². The number of ether oxygens (including phenoxy) is 1. The summed E-state index contributed by atoms with van der Waals surface area (Å²) in [5.74, 6) is -1.03.